The van der Waals surface area contributed by atoms with E-state index >= 15 is 0 Å². The SMILES string of the molecule is C=COc1nn(C=C)c2ccccc12. The Morgan fingerprint density at radius 1 is 1.29 bits per heavy atom. The van der Waals surface area contributed by atoms with E-state index in [4.69, 9.17) is 4.74 Å². The van der Waals surface area contributed by atoms with E-state index in [0.29, 0.717) is 5.88 Å². The van der Waals surface area contributed by atoms with Crippen molar-refractivity contribution in [3.8, 4) is 5.88 Å². The zero-order chi connectivity index (χ0) is 9.97. The van der Waals surface area contributed by atoms with Crippen molar-refractivity contribution in [3.05, 3.63) is 43.7 Å². The summed E-state index contributed by atoms with van der Waals surface area (Å²) < 4.78 is 6.86. The maximum atomic E-state index is 5.19. The van der Waals surface area contributed by atoms with Crippen molar-refractivity contribution in [2.45, 2.75) is 0 Å². The number of hydrogen-bond acceptors (Lipinski definition) is 2. The second-order valence-corrected chi connectivity index (χ2v) is 2.73. The molecule has 70 valence electrons. The standard InChI is InChI=1S/C11H10N2O/c1-3-13-10-8-6-5-7-9(10)11(12-13)14-4-2/h3-8H,1-2H2. The van der Waals surface area contributed by atoms with Crippen LogP contribution in [0.15, 0.2) is 43.7 Å². The average molecular weight is 186 g/mol. The lowest BCUT2D eigenvalue weighted by molar-refractivity contribution is 0.463. The van der Waals surface area contributed by atoms with Gasteiger partial charge in [-0.15, -0.1) is 5.10 Å². The molecule has 0 bridgehead atoms. The first kappa shape index (κ1) is 8.56. The van der Waals surface area contributed by atoms with Crippen LogP contribution in [-0.4, -0.2) is 9.78 Å². The maximum Gasteiger partial charge on any atom is 0.246 e. The molecule has 0 spiro atoms. The monoisotopic (exact) mass is 186 g/mol. The quantitative estimate of drug-likeness (QED) is 0.689. The molecule has 0 N–H and O–H groups in total. The molecule has 3 heteroatoms. The molecule has 0 aliphatic rings. The van der Waals surface area contributed by atoms with E-state index in [9.17, 15) is 0 Å². The van der Waals surface area contributed by atoms with Crippen LogP contribution >= 0.6 is 0 Å². The molecule has 1 heterocycles. The van der Waals surface area contributed by atoms with Crippen molar-refractivity contribution in [1.29, 1.82) is 0 Å². The predicted octanol–water partition coefficient (Wildman–Crippen LogP) is 2.66. The molecule has 2 aromatic rings. The van der Waals surface area contributed by atoms with Gasteiger partial charge in [-0.2, -0.15) is 0 Å². The van der Waals surface area contributed by atoms with Gasteiger partial charge in [-0.05, 0) is 12.1 Å². The van der Waals surface area contributed by atoms with Crippen LogP contribution in [0.5, 0.6) is 5.88 Å². The van der Waals surface area contributed by atoms with Gasteiger partial charge in [0, 0.05) is 6.20 Å². The third-order valence-electron chi connectivity index (χ3n) is 1.95. The van der Waals surface area contributed by atoms with Crippen molar-refractivity contribution in [2.24, 2.45) is 0 Å². The lowest BCUT2D eigenvalue weighted by Crippen LogP contribution is -1.87. The molecule has 14 heavy (non-hydrogen) atoms. The Balaban J connectivity index is 2.72. The fourth-order valence-electron chi connectivity index (χ4n) is 1.37. The molecule has 1 aromatic heterocycles. The molecular weight excluding hydrogens is 176 g/mol. The van der Waals surface area contributed by atoms with Crippen molar-refractivity contribution in [3.63, 3.8) is 0 Å². The maximum absolute atomic E-state index is 5.19. The molecule has 0 aliphatic heterocycles. The van der Waals surface area contributed by atoms with Crippen LogP contribution in [0.4, 0.5) is 0 Å². The first-order chi connectivity index (χ1) is 6.86. The third-order valence-corrected chi connectivity index (χ3v) is 1.95. The summed E-state index contributed by atoms with van der Waals surface area (Å²) >= 11 is 0. The molecule has 3 nitrogen and oxygen atoms in total. The van der Waals surface area contributed by atoms with E-state index in [-0.39, 0.29) is 0 Å². The zero-order valence-electron chi connectivity index (χ0n) is 7.68. The summed E-state index contributed by atoms with van der Waals surface area (Å²) in [6.45, 7) is 7.17. The highest BCUT2D eigenvalue weighted by atomic mass is 16.5. The number of aromatic nitrogens is 2. The number of para-hydroxylation sites is 1. The zero-order valence-corrected chi connectivity index (χ0v) is 7.68. The van der Waals surface area contributed by atoms with E-state index in [1.54, 1.807) is 10.9 Å². The van der Waals surface area contributed by atoms with Crippen LogP contribution in [0.1, 0.15) is 0 Å². The van der Waals surface area contributed by atoms with Gasteiger partial charge in [0.1, 0.15) is 0 Å². The van der Waals surface area contributed by atoms with Crippen molar-refractivity contribution in [2.75, 3.05) is 0 Å². The molecule has 0 saturated heterocycles. The summed E-state index contributed by atoms with van der Waals surface area (Å²) in [5, 5.41) is 5.15. The van der Waals surface area contributed by atoms with Crippen LogP contribution < -0.4 is 4.74 Å². The first-order valence-electron chi connectivity index (χ1n) is 4.24. The number of fused-ring (bicyclic) bond motifs is 1. The average Bonchev–Trinajstić information content (AvgIpc) is 2.58. The fourth-order valence-corrected chi connectivity index (χ4v) is 1.37. The Bertz CT molecular complexity index is 485. The third kappa shape index (κ3) is 1.19. The number of nitrogens with zero attached hydrogens (tertiary/aromatic N) is 2. The molecule has 1 aromatic carbocycles. The summed E-state index contributed by atoms with van der Waals surface area (Å²) in [6.07, 6.45) is 3.00. The number of ether oxygens (including phenoxy) is 1. The Morgan fingerprint density at radius 2 is 2.07 bits per heavy atom. The Kier molecular flexibility index (Phi) is 2.07. The van der Waals surface area contributed by atoms with E-state index in [0.717, 1.165) is 10.9 Å². The molecule has 2 rings (SSSR count). The normalized spacial score (nSPS) is 10.0. The number of benzene rings is 1. The smallest absolute Gasteiger partial charge is 0.246 e. The van der Waals surface area contributed by atoms with E-state index < -0.39 is 0 Å². The topological polar surface area (TPSA) is 27.1 Å². The summed E-state index contributed by atoms with van der Waals surface area (Å²) in [7, 11) is 0. The number of hydrogen-bond donors (Lipinski definition) is 0. The largest absolute Gasteiger partial charge is 0.446 e. The molecule has 0 radical (unpaired) electrons. The molecule has 0 unspecified atom stereocenters. The molecule has 0 fully saturated rings. The van der Waals surface area contributed by atoms with Crippen molar-refractivity contribution < 1.29 is 4.74 Å². The first-order valence-corrected chi connectivity index (χ1v) is 4.24. The molecular formula is C11H10N2O. The van der Waals surface area contributed by atoms with Crippen LogP contribution in [-0.2, 0) is 0 Å². The van der Waals surface area contributed by atoms with Gasteiger partial charge in [-0.3, -0.25) is 0 Å². The Labute approximate surface area is 81.9 Å². The minimum Gasteiger partial charge on any atom is -0.446 e. The van der Waals surface area contributed by atoms with Crippen LogP contribution in [0.2, 0.25) is 0 Å². The highest BCUT2D eigenvalue weighted by molar-refractivity contribution is 5.85. The summed E-state index contributed by atoms with van der Waals surface area (Å²) in [5.41, 5.74) is 0.972. The molecule has 0 atom stereocenters. The van der Waals surface area contributed by atoms with E-state index in [2.05, 4.69) is 18.3 Å². The minimum absolute atomic E-state index is 0.551. The van der Waals surface area contributed by atoms with E-state index in [1.165, 1.54) is 6.26 Å². The highest BCUT2D eigenvalue weighted by Crippen LogP contribution is 2.24. The molecule has 0 aliphatic carbocycles. The summed E-state index contributed by atoms with van der Waals surface area (Å²) in [5.74, 6) is 0.551. The second kappa shape index (κ2) is 3.38. The lowest BCUT2D eigenvalue weighted by Gasteiger charge is -1.92. The van der Waals surface area contributed by atoms with Crippen LogP contribution in [0, 0.1) is 0 Å². The van der Waals surface area contributed by atoms with Crippen LogP contribution in [0.3, 0.4) is 0 Å². The van der Waals surface area contributed by atoms with Crippen molar-refractivity contribution >= 4 is 17.1 Å². The van der Waals surface area contributed by atoms with Gasteiger partial charge in [-0.1, -0.05) is 25.3 Å². The highest BCUT2D eigenvalue weighted by Gasteiger charge is 2.07. The van der Waals surface area contributed by atoms with E-state index in [1.807, 2.05) is 24.3 Å². The fraction of sp³-hybridized carbons (Fsp3) is 0. The van der Waals surface area contributed by atoms with Gasteiger partial charge in [0.15, 0.2) is 0 Å². The Hall–Kier alpha value is -2.03. The van der Waals surface area contributed by atoms with Gasteiger partial charge in [0.05, 0.1) is 17.2 Å². The Morgan fingerprint density at radius 3 is 2.79 bits per heavy atom. The van der Waals surface area contributed by atoms with Crippen LogP contribution in [0.25, 0.3) is 17.1 Å². The van der Waals surface area contributed by atoms with Gasteiger partial charge < -0.3 is 4.74 Å². The van der Waals surface area contributed by atoms with Crippen molar-refractivity contribution in [1.82, 2.24) is 9.78 Å². The summed E-state index contributed by atoms with van der Waals surface area (Å²) in [4.78, 5) is 0. The molecule has 0 amide bonds. The van der Waals surface area contributed by atoms with Gasteiger partial charge in [0.25, 0.3) is 0 Å². The molecule has 0 saturated carbocycles. The van der Waals surface area contributed by atoms with Gasteiger partial charge in [0.2, 0.25) is 5.88 Å². The number of rotatable bonds is 3. The van der Waals surface area contributed by atoms with Gasteiger partial charge in [-0.25, -0.2) is 4.68 Å². The summed E-state index contributed by atoms with van der Waals surface area (Å²) in [6, 6.07) is 7.79. The van der Waals surface area contributed by atoms with Gasteiger partial charge >= 0.3 is 0 Å². The predicted molar refractivity (Wildman–Crippen MR) is 56.9 cm³/mol. The minimum atomic E-state index is 0.551. The lowest BCUT2D eigenvalue weighted by atomic mass is 10.2. The second-order valence-electron chi connectivity index (χ2n) is 2.73.